The van der Waals surface area contributed by atoms with E-state index in [0.29, 0.717) is 24.2 Å². The average molecular weight is 353 g/mol. The first kappa shape index (κ1) is 17.6. The summed E-state index contributed by atoms with van der Waals surface area (Å²) in [6.07, 6.45) is 1.23. The van der Waals surface area contributed by atoms with Crippen LogP contribution in [0.4, 0.5) is 11.4 Å². The zero-order valence-electron chi connectivity index (χ0n) is 14.1. The summed E-state index contributed by atoms with van der Waals surface area (Å²) in [5, 5.41) is 13.9. The predicted octanol–water partition coefficient (Wildman–Crippen LogP) is 2.77. The van der Waals surface area contributed by atoms with Gasteiger partial charge in [-0.15, -0.1) is 0 Å². The van der Waals surface area contributed by atoms with E-state index < -0.39 is 11.0 Å². The van der Waals surface area contributed by atoms with Crippen molar-refractivity contribution in [3.05, 3.63) is 70.3 Å². The number of carbonyl (C=O) groups is 2. The van der Waals surface area contributed by atoms with Crippen LogP contribution in [-0.2, 0) is 16.0 Å². The van der Waals surface area contributed by atoms with Gasteiger partial charge in [0, 0.05) is 23.9 Å². The molecule has 0 bridgehead atoms. The predicted molar refractivity (Wildman–Crippen MR) is 96.6 cm³/mol. The summed E-state index contributed by atoms with van der Waals surface area (Å²) in [4.78, 5) is 37.4. The number of nitro groups is 1. The number of anilines is 1. The molecule has 0 aromatic heterocycles. The van der Waals surface area contributed by atoms with Gasteiger partial charge < -0.3 is 10.2 Å². The van der Waals surface area contributed by atoms with E-state index >= 15 is 0 Å². The lowest BCUT2D eigenvalue weighted by molar-refractivity contribution is -0.385. The summed E-state index contributed by atoms with van der Waals surface area (Å²) >= 11 is 0. The molecule has 1 heterocycles. The van der Waals surface area contributed by atoms with E-state index in [0.717, 1.165) is 6.42 Å². The monoisotopic (exact) mass is 353 g/mol. The molecule has 0 radical (unpaired) electrons. The fourth-order valence-electron chi connectivity index (χ4n) is 3.19. The zero-order chi connectivity index (χ0) is 18.5. The number of nitro benzene ring substituents is 1. The maximum Gasteiger partial charge on any atom is 0.273 e. The fourth-order valence-corrected chi connectivity index (χ4v) is 3.19. The Morgan fingerprint density at radius 3 is 2.54 bits per heavy atom. The van der Waals surface area contributed by atoms with Crippen molar-refractivity contribution in [3.8, 4) is 0 Å². The number of benzene rings is 2. The molecule has 1 saturated heterocycles. The summed E-state index contributed by atoms with van der Waals surface area (Å²) in [6.45, 7) is 0.479. The molecule has 134 valence electrons. The minimum absolute atomic E-state index is 0.0784. The van der Waals surface area contributed by atoms with Gasteiger partial charge in [-0.1, -0.05) is 36.4 Å². The van der Waals surface area contributed by atoms with E-state index in [1.165, 1.54) is 11.0 Å². The highest BCUT2D eigenvalue weighted by molar-refractivity contribution is 5.97. The van der Waals surface area contributed by atoms with Crippen molar-refractivity contribution in [2.45, 2.75) is 25.3 Å². The Kier molecular flexibility index (Phi) is 5.26. The van der Waals surface area contributed by atoms with Gasteiger partial charge in [0.15, 0.2) is 0 Å². The van der Waals surface area contributed by atoms with E-state index in [1.807, 2.05) is 18.2 Å². The van der Waals surface area contributed by atoms with Crippen molar-refractivity contribution in [3.63, 3.8) is 0 Å². The molecule has 2 amide bonds. The largest absolute Gasteiger partial charge is 0.330 e. The lowest BCUT2D eigenvalue weighted by Gasteiger charge is -2.24. The standard InChI is InChI=1S/C19H19N3O4/c23-18(13-14-7-4-5-10-16(14)22(25)26)21-12-6-11-17(21)19(24)20-15-8-2-1-3-9-15/h1-5,7-10,17H,6,11-13H2,(H,20,24)/t17-/m1/s1. The van der Waals surface area contributed by atoms with Crippen LogP contribution in [-0.4, -0.2) is 34.2 Å². The number of rotatable bonds is 5. The molecule has 7 heteroatoms. The van der Waals surface area contributed by atoms with Crippen LogP contribution in [0, 0.1) is 10.1 Å². The van der Waals surface area contributed by atoms with Crippen LogP contribution >= 0.6 is 0 Å². The number of nitrogens with one attached hydrogen (secondary N) is 1. The topological polar surface area (TPSA) is 92.6 Å². The lowest BCUT2D eigenvalue weighted by atomic mass is 10.1. The molecule has 2 aromatic rings. The van der Waals surface area contributed by atoms with Crippen LogP contribution in [0.5, 0.6) is 0 Å². The number of hydrogen-bond acceptors (Lipinski definition) is 4. The number of likely N-dealkylation sites (tertiary alicyclic amines) is 1. The van der Waals surface area contributed by atoms with Gasteiger partial charge in [0.05, 0.1) is 11.3 Å². The second kappa shape index (κ2) is 7.77. The maximum absolute atomic E-state index is 12.7. The summed E-state index contributed by atoms with van der Waals surface area (Å²) in [5.41, 5.74) is 0.956. The van der Waals surface area contributed by atoms with Gasteiger partial charge in [0.1, 0.15) is 6.04 Å². The summed E-state index contributed by atoms with van der Waals surface area (Å²) < 4.78 is 0. The molecule has 7 nitrogen and oxygen atoms in total. The normalized spacial score (nSPS) is 16.3. The summed E-state index contributed by atoms with van der Waals surface area (Å²) in [5.74, 6) is -0.505. The van der Waals surface area contributed by atoms with Crippen LogP contribution in [0.1, 0.15) is 18.4 Å². The van der Waals surface area contributed by atoms with Crippen LogP contribution in [0.3, 0.4) is 0 Å². The van der Waals surface area contributed by atoms with Crippen LogP contribution < -0.4 is 5.32 Å². The first-order chi connectivity index (χ1) is 12.6. The average Bonchev–Trinajstić information content (AvgIpc) is 3.13. The Balaban J connectivity index is 1.71. The van der Waals surface area contributed by atoms with Gasteiger partial charge in [0.25, 0.3) is 5.69 Å². The second-order valence-corrected chi connectivity index (χ2v) is 6.16. The van der Waals surface area contributed by atoms with E-state index in [9.17, 15) is 19.7 Å². The lowest BCUT2D eigenvalue weighted by Crippen LogP contribution is -2.43. The molecule has 1 N–H and O–H groups in total. The van der Waals surface area contributed by atoms with Gasteiger partial charge in [-0.05, 0) is 25.0 Å². The highest BCUT2D eigenvalue weighted by Crippen LogP contribution is 2.23. The Hall–Kier alpha value is -3.22. The Labute approximate surface area is 150 Å². The smallest absolute Gasteiger partial charge is 0.273 e. The first-order valence-electron chi connectivity index (χ1n) is 8.44. The Morgan fingerprint density at radius 1 is 1.12 bits per heavy atom. The minimum Gasteiger partial charge on any atom is -0.330 e. The maximum atomic E-state index is 12.7. The Bertz CT molecular complexity index is 823. The van der Waals surface area contributed by atoms with Crippen molar-refractivity contribution in [1.29, 1.82) is 0 Å². The van der Waals surface area contributed by atoms with Gasteiger partial charge in [-0.25, -0.2) is 0 Å². The highest BCUT2D eigenvalue weighted by atomic mass is 16.6. The summed E-state index contributed by atoms with van der Waals surface area (Å²) in [6, 6.07) is 14.7. The van der Waals surface area contributed by atoms with E-state index in [4.69, 9.17) is 0 Å². The van der Waals surface area contributed by atoms with Crippen molar-refractivity contribution < 1.29 is 14.5 Å². The fraction of sp³-hybridized carbons (Fsp3) is 0.263. The van der Waals surface area contributed by atoms with Crippen molar-refractivity contribution in [2.24, 2.45) is 0 Å². The van der Waals surface area contributed by atoms with E-state index in [-0.39, 0.29) is 23.9 Å². The van der Waals surface area contributed by atoms with E-state index in [2.05, 4.69) is 5.32 Å². The highest BCUT2D eigenvalue weighted by Gasteiger charge is 2.34. The molecule has 3 rings (SSSR count). The quantitative estimate of drug-likeness (QED) is 0.661. The second-order valence-electron chi connectivity index (χ2n) is 6.16. The molecular weight excluding hydrogens is 334 g/mol. The van der Waals surface area contributed by atoms with Crippen molar-refractivity contribution in [2.75, 3.05) is 11.9 Å². The third-order valence-electron chi connectivity index (χ3n) is 4.45. The molecule has 0 spiro atoms. The number of carbonyl (C=O) groups excluding carboxylic acids is 2. The van der Waals surface area contributed by atoms with Crippen LogP contribution in [0.25, 0.3) is 0 Å². The van der Waals surface area contributed by atoms with Crippen molar-refractivity contribution in [1.82, 2.24) is 4.90 Å². The van der Waals surface area contributed by atoms with Gasteiger partial charge in [-0.2, -0.15) is 0 Å². The van der Waals surface area contributed by atoms with Gasteiger partial charge in [0.2, 0.25) is 11.8 Å². The number of para-hydroxylation sites is 2. The van der Waals surface area contributed by atoms with Gasteiger partial charge in [-0.3, -0.25) is 19.7 Å². The zero-order valence-corrected chi connectivity index (χ0v) is 14.1. The van der Waals surface area contributed by atoms with Crippen molar-refractivity contribution >= 4 is 23.2 Å². The van der Waals surface area contributed by atoms with Crippen LogP contribution in [0.15, 0.2) is 54.6 Å². The summed E-state index contributed by atoms with van der Waals surface area (Å²) in [7, 11) is 0. The molecule has 1 aliphatic heterocycles. The number of amides is 2. The molecule has 1 aliphatic rings. The molecule has 0 aliphatic carbocycles. The number of hydrogen-bond donors (Lipinski definition) is 1. The molecule has 1 fully saturated rings. The van der Waals surface area contributed by atoms with E-state index in [1.54, 1.807) is 30.3 Å². The van der Waals surface area contributed by atoms with Crippen LogP contribution in [0.2, 0.25) is 0 Å². The molecule has 26 heavy (non-hydrogen) atoms. The first-order valence-corrected chi connectivity index (χ1v) is 8.44. The molecule has 0 saturated carbocycles. The molecular formula is C19H19N3O4. The number of nitrogens with zero attached hydrogens (tertiary/aromatic N) is 2. The van der Waals surface area contributed by atoms with Gasteiger partial charge >= 0.3 is 0 Å². The SMILES string of the molecule is O=C(Nc1ccccc1)[C@H]1CCCN1C(=O)Cc1ccccc1[N+](=O)[O-]. The molecule has 0 unspecified atom stereocenters. The third-order valence-corrected chi connectivity index (χ3v) is 4.45. The third kappa shape index (κ3) is 3.88. The molecule has 2 aromatic carbocycles. The molecule has 1 atom stereocenters. The Morgan fingerprint density at radius 2 is 1.81 bits per heavy atom. The minimum atomic E-state index is -0.550.